The Kier molecular flexibility index (Phi) is 4.10. The van der Waals surface area contributed by atoms with Gasteiger partial charge in [-0.15, -0.1) is 0 Å². The highest BCUT2D eigenvalue weighted by Crippen LogP contribution is 2.30. The van der Waals surface area contributed by atoms with Crippen LogP contribution >= 0.6 is 0 Å². The van der Waals surface area contributed by atoms with Gasteiger partial charge in [0, 0.05) is 38.0 Å². The molecule has 0 bridgehead atoms. The number of methoxy groups -OCH3 is 1. The molecule has 1 aliphatic heterocycles. The Morgan fingerprint density at radius 1 is 1.39 bits per heavy atom. The van der Waals surface area contributed by atoms with E-state index in [2.05, 4.69) is 20.3 Å². The van der Waals surface area contributed by atoms with Crippen LogP contribution in [0.25, 0.3) is 0 Å². The lowest BCUT2D eigenvalue weighted by Gasteiger charge is -2.23. The third-order valence-corrected chi connectivity index (χ3v) is 3.77. The molecule has 0 radical (unpaired) electrons. The van der Waals surface area contributed by atoms with E-state index in [1.54, 1.807) is 16.8 Å². The van der Waals surface area contributed by atoms with Crippen LogP contribution in [0.2, 0.25) is 0 Å². The summed E-state index contributed by atoms with van der Waals surface area (Å²) in [6.07, 6.45) is -0.429. The van der Waals surface area contributed by atoms with E-state index in [1.165, 1.54) is 7.11 Å². The summed E-state index contributed by atoms with van der Waals surface area (Å²) in [6, 6.07) is 1.64. The van der Waals surface area contributed by atoms with Crippen LogP contribution in [0.5, 0.6) is 5.88 Å². The molecule has 2 aromatic rings. The van der Waals surface area contributed by atoms with Gasteiger partial charge < -0.3 is 14.6 Å². The number of anilines is 1. The number of imidazole rings is 1. The van der Waals surface area contributed by atoms with E-state index >= 15 is 0 Å². The molecule has 3 rings (SSSR count). The molecule has 0 aromatic carbocycles. The van der Waals surface area contributed by atoms with Gasteiger partial charge in [0.05, 0.1) is 7.11 Å². The molecule has 0 fully saturated rings. The molecule has 0 saturated heterocycles. The number of hydrogen-bond acceptors (Lipinski definition) is 5. The molecule has 1 unspecified atom stereocenters. The van der Waals surface area contributed by atoms with Crippen LogP contribution in [0.3, 0.4) is 0 Å². The van der Waals surface area contributed by atoms with Crippen molar-refractivity contribution in [2.45, 2.75) is 25.6 Å². The van der Waals surface area contributed by atoms with Crippen LogP contribution in [0.1, 0.15) is 17.9 Å². The maximum Gasteiger partial charge on any atom is 0.434 e. The summed E-state index contributed by atoms with van der Waals surface area (Å²) in [5.41, 5.74) is -0.822. The van der Waals surface area contributed by atoms with Gasteiger partial charge in [0.15, 0.2) is 5.69 Å². The van der Waals surface area contributed by atoms with E-state index in [9.17, 15) is 13.2 Å². The first kappa shape index (κ1) is 15.6. The van der Waals surface area contributed by atoms with E-state index in [0.29, 0.717) is 37.2 Å². The van der Waals surface area contributed by atoms with Crippen LogP contribution in [0, 0.1) is 5.92 Å². The monoisotopic (exact) mass is 327 g/mol. The number of ether oxygens (including phenoxy) is 1. The van der Waals surface area contributed by atoms with Gasteiger partial charge in [0.25, 0.3) is 0 Å². The molecule has 0 aliphatic carbocycles. The molecule has 0 amide bonds. The summed E-state index contributed by atoms with van der Waals surface area (Å²) >= 11 is 0. The van der Waals surface area contributed by atoms with Gasteiger partial charge in [-0.05, 0) is 12.3 Å². The molecule has 0 spiro atoms. The molecule has 2 aromatic heterocycles. The zero-order valence-electron chi connectivity index (χ0n) is 12.5. The van der Waals surface area contributed by atoms with Crippen molar-refractivity contribution in [3.8, 4) is 5.88 Å². The number of aromatic nitrogens is 4. The summed E-state index contributed by atoms with van der Waals surface area (Å²) in [4.78, 5) is 11.9. The first-order chi connectivity index (χ1) is 11.0. The topological polar surface area (TPSA) is 64.9 Å². The Hall–Kier alpha value is -2.32. The smallest absolute Gasteiger partial charge is 0.434 e. The quantitative estimate of drug-likeness (QED) is 0.934. The fourth-order valence-corrected chi connectivity index (χ4v) is 2.59. The van der Waals surface area contributed by atoms with Crippen LogP contribution < -0.4 is 10.1 Å². The number of fused-ring (bicyclic) bond motifs is 1. The number of rotatable bonds is 4. The zero-order valence-corrected chi connectivity index (χ0v) is 12.5. The van der Waals surface area contributed by atoms with Crippen LogP contribution in [-0.2, 0) is 19.1 Å². The Balaban J connectivity index is 1.62. The van der Waals surface area contributed by atoms with Gasteiger partial charge in [-0.1, -0.05) is 0 Å². The minimum Gasteiger partial charge on any atom is -0.481 e. The van der Waals surface area contributed by atoms with Crippen LogP contribution in [-0.4, -0.2) is 33.2 Å². The van der Waals surface area contributed by atoms with Crippen molar-refractivity contribution in [3.63, 3.8) is 0 Å². The predicted octanol–water partition coefficient (Wildman–Crippen LogP) is 2.38. The normalized spacial score (nSPS) is 17.7. The molecule has 124 valence electrons. The zero-order chi connectivity index (χ0) is 16.4. The molecule has 23 heavy (non-hydrogen) atoms. The molecular formula is C14H16F3N5O. The summed E-state index contributed by atoms with van der Waals surface area (Å²) in [6.45, 7) is 1.07. The molecule has 3 heterocycles. The number of alkyl halides is 3. The Morgan fingerprint density at radius 3 is 2.96 bits per heavy atom. The number of aryl methyl sites for hydroxylation is 1. The summed E-state index contributed by atoms with van der Waals surface area (Å²) in [7, 11) is 1.52. The molecule has 1 atom stereocenters. The highest BCUT2D eigenvalue weighted by molar-refractivity contribution is 5.27. The first-order valence-electron chi connectivity index (χ1n) is 7.20. The molecule has 6 nitrogen and oxygen atoms in total. The third kappa shape index (κ3) is 3.54. The molecule has 1 aliphatic rings. The number of nitrogens with one attached hydrogen (secondary N) is 1. The van der Waals surface area contributed by atoms with Crippen molar-refractivity contribution in [1.29, 1.82) is 0 Å². The van der Waals surface area contributed by atoms with E-state index in [0.717, 1.165) is 12.6 Å². The summed E-state index contributed by atoms with van der Waals surface area (Å²) in [5, 5.41) is 3.10. The SMILES string of the molecule is COc1ccnc(NCC2CCc3nc(C(F)(F)F)cn3C2)n1. The van der Waals surface area contributed by atoms with Crippen molar-refractivity contribution < 1.29 is 17.9 Å². The third-order valence-electron chi connectivity index (χ3n) is 3.77. The predicted molar refractivity (Wildman–Crippen MR) is 76.1 cm³/mol. The minimum atomic E-state index is -4.40. The van der Waals surface area contributed by atoms with Gasteiger partial charge in [0.2, 0.25) is 11.8 Å². The molecule has 9 heteroatoms. The van der Waals surface area contributed by atoms with Crippen molar-refractivity contribution in [3.05, 3.63) is 30.0 Å². The Morgan fingerprint density at radius 2 is 2.22 bits per heavy atom. The molecule has 0 saturated carbocycles. The maximum atomic E-state index is 12.7. The average molecular weight is 327 g/mol. The van der Waals surface area contributed by atoms with Gasteiger partial charge in [-0.3, -0.25) is 0 Å². The fraction of sp³-hybridized carbons (Fsp3) is 0.500. The van der Waals surface area contributed by atoms with E-state index in [4.69, 9.17) is 4.74 Å². The second kappa shape index (κ2) is 6.05. The van der Waals surface area contributed by atoms with Crippen molar-refractivity contribution in [2.24, 2.45) is 5.92 Å². The fourth-order valence-electron chi connectivity index (χ4n) is 2.59. The second-order valence-electron chi connectivity index (χ2n) is 5.40. The maximum absolute atomic E-state index is 12.7. The summed E-state index contributed by atoms with van der Waals surface area (Å²) < 4.78 is 44.7. The Bertz CT molecular complexity index is 685. The molecule has 1 N–H and O–H groups in total. The molecular weight excluding hydrogens is 311 g/mol. The Labute approximate surface area is 130 Å². The lowest BCUT2D eigenvalue weighted by atomic mass is 9.99. The van der Waals surface area contributed by atoms with Crippen molar-refractivity contribution >= 4 is 5.95 Å². The largest absolute Gasteiger partial charge is 0.481 e. The second-order valence-corrected chi connectivity index (χ2v) is 5.40. The van der Waals surface area contributed by atoms with Gasteiger partial charge >= 0.3 is 6.18 Å². The van der Waals surface area contributed by atoms with E-state index in [-0.39, 0.29) is 5.92 Å². The number of hydrogen-bond donors (Lipinski definition) is 1. The van der Waals surface area contributed by atoms with E-state index < -0.39 is 11.9 Å². The minimum absolute atomic E-state index is 0.188. The van der Waals surface area contributed by atoms with Gasteiger partial charge in [-0.2, -0.15) is 18.2 Å². The lowest BCUT2D eigenvalue weighted by molar-refractivity contribution is -0.141. The van der Waals surface area contributed by atoms with Crippen LogP contribution in [0.4, 0.5) is 19.1 Å². The van der Waals surface area contributed by atoms with Crippen molar-refractivity contribution in [1.82, 2.24) is 19.5 Å². The van der Waals surface area contributed by atoms with Crippen molar-refractivity contribution in [2.75, 3.05) is 19.0 Å². The van der Waals surface area contributed by atoms with Gasteiger partial charge in [-0.25, -0.2) is 9.97 Å². The lowest BCUT2D eigenvalue weighted by Crippen LogP contribution is -2.26. The average Bonchev–Trinajstić information content (AvgIpc) is 2.96. The first-order valence-corrected chi connectivity index (χ1v) is 7.20. The van der Waals surface area contributed by atoms with Crippen LogP contribution in [0.15, 0.2) is 18.5 Å². The summed E-state index contributed by atoms with van der Waals surface area (Å²) in [5.74, 6) is 1.58. The number of halogens is 3. The van der Waals surface area contributed by atoms with Gasteiger partial charge in [0.1, 0.15) is 5.82 Å². The number of nitrogens with zero attached hydrogens (tertiary/aromatic N) is 4. The highest BCUT2D eigenvalue weighted by Gasteiger charge is 2.35. The standard InChI is InChI=1S/C14H16F3N5O/c1-23-12-4-5-18-13(21-12)19-6-9-2-3-11-20-10(14(15,16)17)8-22(11)7-9/h4-5,8-9H,2-3,6-7H2,1H3,(H,18,19,21). The highest BCUT2D eigenvalue weighted by atomic mass is 19.4. The van der Waals surface area contributed by atoms with E-state index in [1.807, 2.05) is 0 Å².